The van der Waals surface area contributed by atoms with Crippen LogP contribution in [0.25, 0.3) is 0 Å². The summed E-state index contributed by atoms with van der Waals surface area (Å²) in [4.78, 5) is 0. The summed E-state index contributed by atoms with van der Waals surface area (Å²) >= 11 is 0. The van der Waals surface area contributed by atoms with Crippen molar-refractivity contribution < 1.29 is 9.47 Å². The van der Waals surface area contributed by atoms with E-state index in [0.29, 0.717) is 12.6 Å². The fourth-order valence-electron chi connectivity index (χ4n) is 3.01. The van der Waals surface area contributed by atoms with Gasteiger partial charge in [-0.3, -0.25) is 0 Å². The first kappa shape index (κ1) is 16.9. The number of rotatable bonds is 11. The molecule has 1 atom stereocenters. The summed E-state index contributed by atoms with van der Waals surface area (Å²) in [5, 5.41) is 3.62. The third-order valence-corrected chi connectivity index (χ3v) is 4.15. The van der Waals surface area contributed by atoms with Crippen molar-refractivity contribution in [1.29, 1.82) is 0 Å². The first-order valence-corrected chi connectivity index (χ1v) is 8.04. The smallest absolute Gasteiger partial charge is 0.0700 e. The number of nitrogens with one attached hydrogen (secondary N) is 1. The number of hydrogen-bond donors (Lipinski definition) is 1. The molecule has 0 amide bonds. The highest BCUT2D eigenvalue weighted by molar-refractivity contribution is 4.77. The molecule has 0 bridgehead atoms. The number of ether oxygens (including phenoxy) is 2. The van der Waals surface area contributed by atoms with Crippen LogP contribution >= 0.6 is 0 Å². The lowest BCUT2D eigenvalue weighted by molar-refractivity contribution is 0.0659. The van der Waals surface area contributed by atoms with Crippen LogP contribution in [0.4, 0.5) is 0 Å². The molecule has 1 unspecified atom stereocenters. The molecule has 1 saturated carbocycles. The molecule has 1 aliphatic carbocycles. The highest BCUT2D eigenvalue weighted by atomic mass is 16.5. The summed E-state index contributed by atoms with van der Waals surface area (Å²) in [6.07, 6.45) is 8.24. The topological polar surface area (TPSA) is 30.5 Å². The minimum Gasteiger partial charge on any atom is -0.382 e. The van der Waals surface area contributed by atoms with Crippen LogP contribution in [0.15, 0.2) is 0 Å². The van der Waals surface area contributed by atoms with Gasteiger partial charge in [0.15, 0.2) is 0 Å². The van der Waals surface area contributed by atoms with Crippen molar-refractivity contribution in [2.75, 3.05) is 33.5 Å². The molecule has 0 aromatic rings. The van der Waals surface area contributed by atoms with Crippen LogP contribution in [0.5, 0.6) is 0 Å². The van der Waals surface area contributed by atoms with Gasteiger partial charge in [-0.15, -0.1) is 0 Å². The van der Waals surface area contributed by atoms with Gasteiger partial charge >= 0.3 is 0 Å². The molecular weight excluding hydrogens is 238 g/mol. The standard InChI is InChI=1S/C16H33NO2/c1-14(2)17-13-16(15-7-4-5-8-15)9-6-10-19-12-11-18-3/h14-17H,4-13H2,1-3H3. The average Bonchev–Trinajstić information content (AvgIpc) is 2.90. The predicted molar refractivity (Wildman–Crippen MR) is 80.5 cm³/mol. The maximum absolute atomic E-state index is 5.57. The third kappa shape index (κ3) is 7.91. The molecule has 1 rings (SSSR count). The quantitative estimate of drug-likeness (QED) is 0.585. The van der Waals surface area contributed by atoms with E-state index in [2.05, 4.69) is 19.2 Å². The lowest BCUT2D eigenvalue weighted by Gasteiger charge is -2.25. The van der Waals surface area contributed by atoms with Gasteiger partial charge < -0.3 is 14.8 Å². The van der Waals surface area contributed by atoms with Gasteiger partial charge in [0.25, 0.3) is 0 Å². The summed E-state index contributed by atoms with van der Waals surface area (Å²) in [6.45, 7) is 7.98. The van der Waals surface area contributed by atoms with Crippen LogP contribution in [-0.4, -0.2) is 39.5 Å². The predicted octanol–water partition coefficient (Wildman–Crippen LogP) is 3.23. The van der Waals surface area contributed by atoms with Gasteiger partial charge in [-0.1, -0.05) is 39.5 Å². The van der Waals surface area contributed by atoms with Crippen LogP contribution in [0.1, 0.15) is 52.4 Å². The normalized spacial score (nSPS) is 18.3. The number of hydrogen-bond acceptors (Lipinski definition) is 3. The van der Waals surface area contributed by atoms with Crippen molar-refractivity contribution in [3.05, 3.63) is 0 Å². The molecule has 19 heavy (non-hydrogen) atoms. The van der Waals surface area contributed by atoms with E-state index in [1.807, 2.05) is 0 Å². The molecular formula is C16H33NO2. The Balaban J connectivity index is 2.16. The van der Waals surface area contributed by atoms with Crippen LogP contribution in [0, 0.1) is 11.8 Å². The van der Waals surface area contributed by atoms with Gasteiger partial charge in [0.1, 0.15) is 0 Å². The first-order valence-electron chi connectivity index (χ1n) is 8.04. The Bertz CT molecular complexity index is 203. The van der Waals surface area contributed by atoms with Gasteiger partial charge in [0.2, 0.25) is 0 Å². The third-order valence-electron chi connectivity index (χ3n) is 4.15. The molecule has 0 aromatic heterocycles. The molecule has 1 aliphatic rings. The van der Waals surface area contributed by atoms with Gasteiger partial charge in [0.05, 0.1) is 13.2 Å². The highest BCUT2D eigenvalue weighted by Gasteiger charge is 2.24. The van der Waals surface area contributed by atoms with E-state index in [4.69, 9.17) is 9.47 Å². The minimum absolute atomic E-state index is 0.599. The van der Waals surface area contributed by atoms with Crippen LogP contribution in [-0.2, 0) is 9.47 Å². The minimum atomic E-state index is 0.599. The van der Waals surface area contributed by atoms with E-state index in [0.717, 1.165) is 25.0 Å². The Hall–Kier alpha value is -0.120. The monoisotopic (exact) mass is 271 g/mol. The van der Waals surface area contributed by atoms with Gasteiger partial charge in [-0.05, 0) is 31.2 Å². The van der Waals surface area contributed by atoms with Crippen LogP contribution in [0.3, 0.4) is 0 Å². The molecule has 0 saturated heterocycles. The van der Waals surface area contributed by atoms with Crippen LogP contribution in [0.2, 0.25) is 0 Å². The Labute approximate surface area is 119 Å². The average molecular weight is 271 g/mol. The zero-order chi connectivity index (χ0) is 13.9. The lowest BCUT2D eigenvalue weighted by Crippen LogP contribution is -2.32. The van der Waals surface area contributed by atoms with E-state index < -0.39 is 0 Å². The summed E-state index contributed by atoms with van der Waals surface area (Å²) in [6, 6.07) is 0.599. The van der Waals surface area contributed by atoms with Crippen molar-refractivity contribution in [3.8, 4) is 0 Å². The summed E-state index contributed by atoms with van der Waals surface area (Å²) in [5.41, 5.74) is 0. The Morgan fingerprint density at radius 1 is 1.11 bits per heavy atom. The van der Waals surface area contributed by atoms with Crippen molar-refractivity contribution in [2.45, 2.75) is 58.4 Å². The molecule has 0 radical (unpaired) electrons. The second-order valence-corrected chi connectivity index (χ2v) is 6.11. The second kappa shape index (κ2) is 10.6. The first-order chi connectivity index (χ1) is 9.24. The van der Waals surface area contributed by atoms with E-state index in [1.165, 1.54) is 45.1 Å². The Morgan fingerprint density at radius 3 is 2.47 bits per heavy atom. The van der Waals surface area contributed by atoms with Crippen molar-refractivity contribution in [2.24, 2.45) is 11.8 Å². The SMILES string of the molecule is COCCOCCCC(CNC(C)C)C1CCCC1. The molecule has 114 valence electrons. The van der Waals surface area contributed by atoms with Gasteiger partial charge in [-0.2, -0.15) is 0 Å². The zero-order valence-electron chi connectivity index (χ0n) is 13.1. The Morgan fingerprint density at radius 2 is 1.84 bits per heavy atom. The Kier molecular flexibility index (Phi) is 9.48. The van der Waals surface area contributed by atoms with Crippen molar-refractivity contribution >= 4 is 0 Å². The zero-order valence-corrected chi connectivity index (χ0v) is 13.1. The van der Waals surface area contributed by atoms with Crippen molar-refractivity contribution in [1.82, 2.24) is 5.32 Å². The molecule has 3 nitrogen and oxygen atoms in total. The van der Waals surface area contributed by atoms with Gasteiger partial charge in [0, 0.05) is 19.8 Å². The maximum atomic E-state index is 5.57. The van der Waals surface area contributed by atoms with E-state index in [1.54, 1.807) is 7.11 Å². The molecule has 1 fully saturated rings. The molecule has 0 aliphatic heterocycles. The number of methoxy groups -OCH3 is 1. The van der Waals surface area contributed by atoms with Crippen molar-refractivity contribution in [3.63, 3.8) is 0 Å². The molecule has 0 aromatic carbocycles. The largest absolute Gasteiger partial charge is 0.382 e. The molecule has 1 N–H and O–H groups in total. The summed E-state index contributed by atoms with van der Waals surface area (Å²) in [5.74, 6) is 1.79. The molecule has 0 spiro atoms. The maximum Gasteiger partial charge on any atom is 0.0700 e. The fourth-order valence-corrected chi connectivity index (χ4v) is 3.01. The van der Waals surface area contributed by atoms with E-state index in [-0.39, 0.29) is 0 Å². The fraction of sp³-hybridized carbons (Fsp3) is 1.00. The summed E-state index contributed by atoms with van der Waals surface area (Å²) < 4.78 is 10.5. The van der Waals surface area contributed by atoms with E-state index in [9.17, 15) is 0 Å². The molecule has 0 heterocycles. The van der Waals surface area contributed by atoms with Gasteiger partial charge in [-0.25, -0.2) is 0 Å². The highest BCUT2D eigenvalue weighted by Crippen LogP contribution is 2.33. The lowest BCUT2D eigenvalue weighted by atomic mass is 9.87. The van der Waals surface area contributed by atoms with Crippen LogP contribution < -0.4 is 5.32 Å². The second-order valence-electron chi connectivity index (χ2n) is 6.11. The van der Waals surface area contributed by atoms with E-state index >= 15 is 0 Å². The molecule has 3 heteroatoms. The summed E-state index contributed by atoms with van der Waals surface area (Å²) in [7, 11) is 1.72.